The monoisotopic (exact) mass is 222 g/mol. The summed E-state index contributed by atoms with van der Waals surface area (Å²) < 4.78 is 5.84. The molecule has 0 saturated heterocycles. The van der Waals surface area contributed by atoms with Crippen LogP contribution >= 0.6 is 0 Å². The molecule has 1 unspecified atom stereocenters. The van der Waals surface area contributed by atoms with Gasteiger partial charge in [0, 0.05) is 0 Å². The van der Waals surface area contributed by atoms with Gasteiger partial charge in [-0.05, 0) is 44.3 Å². The van der Waals surface area contributed by atoms with E-state index in [0.717, 1.165) is 12.2 Å². The predicted molar refractivity (Wildman–Crippen MR) is 70.4 cm³/mol. The van der Waals surface area contributed by atoms with Gasteiger partial charge in [-0.2, -0.15) is 0 Å². The first kappa shape index (κ1) is 13.3. The van der Waals surface area contributed by atoms with Gasteiger partial charge in [0.25, 0.3) is 0 Å². The Hall–Kier alpha value is -0.720. The topological polar surface area (TPSA) is 9.23 Å². The quantitative estimate of drug-likeness (QED) is 0.552. The van der Waals surface area contributed by atoms with Crippen LogP contribution in [0.4, 0.5) is 0 Å². The molecule has 92 valence electrons. The lowest BCUT2D eigenvalue weighted by Gasteiger charge is -2.21. The molecule has 0 spiro atoms. The summed E-state index contributed by atoms with van der Waals surface area (Å²) in [5.41, 5.74) is 0. The molecule has 0 aromatic rings. The molecule has 1 heterocycles. The van der Waals surface area contributed by atoms with Gasteiger partial charge in [0.2, 0.25) is 0 Å². The van der Waals surface area contributed by atoms with Gasteiger partial charge in [-0.1, -0.05) is 39.2 Å². The molecule has 0 saturated carbocycles. The van der Waals surface area contributed by atoms with Crippen LogP contribution in [0, 0.1) is 0 Å². The second-order valence-corrected chi connectivity index (χ2v) is 4.58. The summed E-state index contributed by atoms with van der Waals surface area (Å²) in [5, 5.41) is 0. The molecule has 1 nitrogen and oxygen atoms in total. The molecule has 0 radical (unpaired) electrons. The lowest BCUT2D eigenvalue weighted by atomic mass is 10.1. The first-order valence-corrected chi connectivity index (χ1v) is 6.90. The highest BCUT2D eigenvalue weighted by atomic mass is 16.5. The van der Waals surface area contributed by atoms with Crippen molar-refractivity contribution in [1.82, 2.24) is 0 Å². The average molecular weight is 222 g/mol. The zero-order valence-electron chi connectivity index (χ0n) is 10.9. The standard InChI is InChI=1S/C15H26O/c1-3-5-6-7-8-9-11-15-13-10-12-14(4-2)16-15/h9,11,13-14H,3-8,10,12H2,1-2H3/b11-9+. The van der Waals surface area contributed by atoms with E-state index in [1.165, 1.54) is 44.9 Å². The van der Waals surface area contributed by atoms with Crippen LogP contribution in [0.15, 0.2) is 24.0 Å². The summed E-state index contributed by atoms with van der Waals surface area (Å²) in [7, 11) is 0. The number of allylic oxidation sites excluding steroid dienone is 3. The zero-order chi connectivity index (χ0) is 11.6. The fraction of sp³-hybridized carbons (Fsp3) is 0.733. The second kappa shape index (κ2) is 8.43. The molecule has 0 aromatic carbocycles. The van der Waals surface area contributed by atoms with Crippen LogP contribution in [0.2, 0.25) is 0 Å². The van der Waals surface area contributed by atoms with E-state index in [0.29, 0.717) is 6.10 Å². The summed E-state index contributed by atoms with van der Waals surface area (Å²) in [4.78, 5) is 0. The summed E-state index contributed by atoms with van der Waals surface area (Å²) in [5.74, 6) is 1.09. The molecule has 16 heavy (non-hydrogen) atoms. The third kappa shape index (κ3) is 5.39. The second-order valence-electron chi connectivity index (χ2n) is 4.58. The Labute approximate surface area is 101 Å². The maximum absolute atomic E-state index is 5.84. The van der Waals surface area contributed by atoms with Crippen LogP contribution in [0.25, 0.3) is 0 Å². The van der Waals surface area contributed by atoms with Gasteiger partial charge >= 0.3 is 0 Å². The van der Waals surface area contributed by atoms with Gasteiger partial charge in [0.05, 0.1) is 6.10 Å². The van der Waals surface area contributed by atoms with Crippen molar-refractivity contribution in [2.45, 2.75) is 71.3 Å². The maximum Gasteiger partial charge on any atom is 0.115 e. The molecule has 0 fully saturated rings. The lowest BCUT2D eigenvalue weighted by Crippen LogP contribution is -2.14. The Morgan fingerprint density at radius 3 is 2.94 bits per heavy atom. The first-order valence-electron chi connectivity index (χ1n) is 6.90. The third-order valence-corrected chi connectivity index (χ3v) is 3.10. The molecule has 0 bridgehead atoms. The molecular formula is C15H26O. The highest BCUT2D eigenvalue weighted by molar-refractivity contribution is 5.14. The van der Waals surface area contributed by atoms with E-state index < -0.39 is 0 Å². The van der Waals surface area contributed by atoms with Crippen molar-refractivity contribution in [3.8, 4) is 0 Å². The van der Waals surface area contributed by atoms with Gasteiger partial charge in [0.1, 0.15) is 5.76 Å². The van der Waals surface area contributed by atoms with E-state index >= 15 is 0 Å². The number of hydrogen-bond donors (Lipinski definition) is 0. The molecule has 1 heteroatoms. The van der Waals surface area contributed by atoms with Crippen LogP contribution in [0.1, 0.15) is 65.2 Å². The Kier molecular flexibility index (Phi) is 7.03. The van der Waals surface area contributed by atoms with Crippen molar-refractivity contribution >= 4 is 0 Å². The highest BCUT2D eigenvalue weighted by Gasteiger charge is 2.11. The smallest absolute Gasteiger partial charge is 0.115 e. The maximum atomic E-state index is 5.84. The van der Waals surface area contributed by atoms with Gasteiger partial charge in [-0.25, -0.2) is 0 Å². The average Bonchev–Trinajstić information content (AvgIpc) is 2.34. The van der Waals surface area contributed by atoms with Crippen LogP contribution in [-0.4, -0.2) is 6.10 Å². The van der Waals surface area contributed by atoms with E-state index in [1.807, 2.05) is 0 Å². The van der Waals surface area contributed by atoms with Crippen molar-refractivity contribution in [1.29, 1.82) is 0 Å². The van der Waals surface area contributed by atoms with E-state index in [4.69, 9.17) is 4.74 Å². The van der Waals surface area contributed by atoms with Crippen LogP contribution in [0.5, 0.6) is 0 Å². The van der Waals surface area contributed by atoms with Crippen molar-refractivity contribution < 1.29 is 4.74 Å². The van der Waals surface area contributed by atoms with E-state index in [2.05, 4.69) is 32.1 Å². The molecule has 0 amide bonds. The number of hydrogen-bond acceptors (Lipinski definition) is 1. The van der Waals surface area contributed by atoms with E-state index in [-0.39, 0.29) is 0 Å². The highest BCUT2D eigenvalue weighted by Crippen LogP contribution is 2.20. The fourth-order valence-electron chi connectivity index (χ4n) is 1.99. The predicted octanol–water partition coefficient (Wildman–Crippen LogP) is 4.99. The Bertz CT molecular complexity index is 228. The Morgan fingerprint density at radius 2 is 2.19 bits per heavy atom. The Balaban J connectivity index is 2.15. The molecule has 0 N–H and O–H groups in total. The largest absolute Gasteiger partial charge is 0.491 e. The molecule has 1 aliphatic heterocycles. The molecule has 0 aromatic heterocycles. The number of rotatable bonds is 7. The van der Waals surface area contributed by atoms with Gasteiger partial charge < -0.3 is 4.74 Å². The van der Waals surface area contributed by atoms with Crippen molar-refractivity contribution in [2.24, 2.45) is 0 Å². The summed E-state index contributed by atoms with van der Waals surface area (Å²) in [6, 6.07) is 0. The summed E-state index contributed by atoms with van der Waals surface area (Å²) in [6.45, 7) is 4.45. The SMILES string of the molecule is CCCCCC/C=C/C1=CCCC(CC)O1. The third-order valence-electron chi connectivity index (χ3n) is 3.10. The zero-order valence-corrected chi connectivity index (χ0v) is 10.9. The summed E-state index contributed by atoms with van der Waals surface area (Å²) >= 11 is 0. The molecule has 1 atom stereocenters. The molecular weight excluding hydrogens is 196 g/mol. The van der Waals surface area contributed by atoms with Crippen molar-refractivity contribution in [2.75, 3.05) is 0 Å². The normalized spacial score (nSPS) is 20.9. The number of unbranched alkanes of at least 4 members (excludes halogenated alkanes) is 4. The summed E-state index contributed by atoms with van der Waals surface area (Å²) in [6.07, 6.45) is 17.1. The van der Waals surface area contributed by atoms with Gasteiger partial charge in [-0.15, -0.1) is 0 Å². The van der Waals surface area contributed by atoms with Gasteiger partial charge in [0.15, 0.2) is 0 Å². The van der Waals surface area contributed by atoms with Crippen LogP contribution in [0.3, 0.4) is 0 Å². The minimum Gasteiger partial charge on any atom is -0.491 e. The Morgan fingerprint density at radius 1 is 1.31 bits per heavy atom. The number of ether oxygens (including phenoxy) is 1. The minimum absolute atomic E-state index is 0.449. The molecule has 1 rings (SSSR count). The van der Waals surface area contributed by atoms with Gasteiger partial charge in [-0.3, -0.25) is 0 Å². The molecule has 0 aliphatic carbocycles. The van der Waals surface area contributed by atoms with Crippen LogP contribution in [-0.2, 0) is 4.74 Å². The van der Waals surface area contributed by atoms with E-state index in [1.54, 1.807) is 0 Å². The fourth-order valence-corrected chi connectivity index (χ4v) is 1.99. The molecule has 1 aliphatic rings. The van der Waals surface area contributed by atoms with E-state index in [9.17, 15) is 0 Å². The van der Waals surface area contributed by atoms with Crippen molar-refractivity contribution in [3.05, 3.63) is 24.0 Å². The minimum atomic E-state index is 0.449. The lowest BCUT2D eigenvalue weighted by molar-refractivity contribution is 0.101. The van der Waals surface area contributed by atoms with Crippen molar-refractivity contribution in [3.63, 3.8) is 0 Å². The van der Waals surface area contributed by atoms with Crippen LogP contribution < -0.4 is 0 Å². The first-order chi connectivity index (χ1) is 7.86.